The van der Waals surface area contributed by atoms with E-state index in [0.29, 0.717) is 11.6 Å². The first-order valence-electron chi connectivity index (χ1n) is 4.52. The third-order valence-corrected chi connectivity index (χ3v) is 2.05. The van der Waals surface area contributed by atoms with Crippen LogP contribution in [0.4, 0.5) is 8.78 Å². The van der Waals surface area contributed by atoms with Crippen LogP contribution in [-0.4, -0.2) is 24.1 Å². The van der Waals surface area contributed by atoms with Gasteiger partial charge in [-0.1, -0.05) is 6.07 Å². The lowest BCUT2D eigenvalue weighted by Crippen LogP contribution is -2.46. The zero-order valence-electron chi connectivity index (χ0n) is 8.71. The Labute approximate surface area is 87.3 Å². The molecule has 84 valence electrons. The van der Waals surface area contributed by atoms with Crippen LogP contribution in [0.1, 0.15) is 12.6 Å². The van der Waals surface area contributed by atoms with Crippen LogP contribution < -0.4 is 10.5 Å². The summed E-state index contributed by atoms with van der Waals surface area (Å²) in [5.74, 6) is 0.401. The molecule has 1 rings (SSSR count). The Bertz CT molecular complexity index is 329. The quantitative estimate of drug-likeness (QED) is 0.831. The highest BCUT2D eigenvalue weighted by Crippen LogP contribution is 2.18. The lowest BCUT2D eigenvalue weighted by Gasteiger charge is -2.22. The topological polar surface area (TPSA) is 48.1 Å². The highest BCUT2D eigenvalue weighted by molar-refractivity contribution is 5.17. The van der Waals surface area contributed by atoms with Crippen molar-refractivity contribution in [3.8, 4) is 5.88 Å². The van der Waals surface area contributed by atoms with Crippen LogP contribution in [0.15, 0.2) is 18.2 Å². The molecule has 0 aliphatic heterocycles. The van der Waals surface area contributed by atoms with Crippen molar-refractivity contribution < 1.29 is 13.5 Å². The third-order valence-electron chi connectivity index (χ3n) is 2.05. The molecule has 3 nitrogen and oxygen atoms in total. The third kappa shape index (κ3) is 3.13. The summed E-state index contributed by atoms with van der Waals surface area (Å²) in [5, 5.41) is 0. The molecule has 15 heavy (non-hydrogen) atoms. The van der Waals surface area contributed by atoms with Crippen molar-refractivity contribution in [2.24, 2.45) is 5.73 Å². The lowest BCUT2D eigenvalue weighted by molar-refractivity contribution is 0.0633. The molecule has 0 aromatic carbocycles. The predicted octanol–water partition coefficient (Wildman–Crippen LogP) is 1.62. The highest BCUT2D eigenvalue weighted by atomic mass is 19.3. The number of pyridine rings is 1. The van der Waals surface area contributed by atoms with E-state index in [-0.39, 0.29) is 6.42 Å². The average molecular weight is 216 g/mol. The van der Waals surface area contributed by atoms with E-state index in [9.17, 15) is 8.78 Å². The number of hydrogen-bond acceptors (Lipinski definition) is 3. The standard InChI is InChI=1S/C10H14F2N2O/c1-10(13,9(11)12)6-7-4-3-5-8(14-7)15-2/h3-5,9H,6,13H2,1-2H3. The van der Waals surface area contributed by atoms with E-state index in [1.165, 1.54) is 14.0 Å². The van der Waals surface area contributed by atoms with Gasteiger partial charge >= 0.3 is 0 Å². The van der Waals surface area contributed by atoms with E-state index in [2.05, 4.69) is 4.98 Å². The van der Waals surface area contributed by atoms with Crippen molar-refractivity contribution >= 4 is 0 Å². The first-order valence-corrected chi connectivity index (χ1v) is 4.52. The molecule has 0 bridgehead atoms. The largest absolute Gasteiger partial charge is 0.481 e. The molecule has 5 heteroatoms. The summed E-state index contributed by atoms with van der Waals surface area (Å²) in [7, 11) is 1.47. The van der Waals surface area contributed by atoms with Gasteiger partial charge < -0.3 is 10.5 Å². The van der Waals surface area contributed by atoms with Crippen molar-refractivity contribution in [2.45, 2.75) is 25.3 Å². The van der Waals surface area contributed by atoms with E-state index >= 15 is 0 Å². The van der Waals surface area contributed by atoms with Crippen LogP contribution in [0.3, 0.4) is 0 Å². The van der Waals surface area contributed by atoms with Crippen molar-refractivity contribution in [1.82, 2.24) is 4.98 Å². The minimum atomic E-state index is -2.58. The predicted molar refractivity (Wildman–Crippen MR) is 53.1 cm³/mol. The second-order valence-electron chi connectivity index (χ2n) is 3.65. The summed E-state index contributed by atoms with van der Waals surface area (Å²) in [6.07, 6.45) is -2.56. The van der Waals surface area contributed by atoms with Crippen molar-refractivity contribution in [1.29, 1.82) is 0 Å². The number of aromatic nitrogens is 1. The monoisotopic (exact) mass is 216 g/mol. The fraction of sp³-hybridized carbons (Fsp3) is 0.500. The van der Waals surface area contributed by atoms with Gasteiger partial charge in [0.2, 0.25) is 5.88 Å². The van der Waals surface area contributed by atoms with Gasteiger partial charge in [0.05, 0.1) is 12.6 Å². The number of methoxy groups -OCH3 is 1. The van der Waals surface area contributed by atoms with Crippen molar-refractivity contribution in [2.75, 3.05) is 7.11 Å². The molecule has 0 radical (unpaired) electrons. The van der Waals surface area contributed by atoms with Gasteiger partial charge in [-0.2, -0.15) is 0 Å². The summed E-state index contributed by atoms with van der Waals surface area (Å²) in [6.45, 7) is 1.30. The SMILES string of the molecule is COc1cccc(CC(C)(N)C(F)F)n1. The molecule has 1 aromatic rings. The maximum absolute atomic E-state index is 12.5. The van der Waals surface area contributed by atoms with Gasteiger partial charge in [-0.25, -0.2) is 13.8 Å². The van der Waals surface area contributed by atoms with Crippen LogP contribution >= 0.6 is 0 Å². The summed E-state index contributed by atoms with van der Waals surface area (Å²) < 4.78 is 29.9. The summed E-state index contributed by atoms with van der Waals surface area (Å²) in [6, 6.07) is 5.00. The van der Waals surface area contributed by atoms with E-state index in [1.807, 2.05) is 0 Å². The second kappa shape index (κ2) is 4.53. The molecular formula is C10H14F2N2O. The Kier molecular flexibility index (Phi) is 3.57. The second-order valence-corrected chi connectivity index (χ2v) is 3.65. The molecule has 0 saturated carbocycles. The molecular weight excluding hydrogens is 202 g/mol. The molecule has 0 amide bonds. The minimum Gasteiger partial charge on any atom is -0.481 e. The van der Waals surface area contributed by atoms with E-state index in [0.717, 1.165) is 0 Å². The number of nitrogens with two attached hydrogens (primary N) is 1. The van der Waals surface area contributed by atoms with Crippen LogP contribution in [0.25, 0.3) is 0 Å². The number of ether oxygens (including phenoxy) is 1. The zero-order chi connectivity index (χ0) is 11.5. The Hall–Kier alpha value is -1.23. The van der Waals surface area contributed by atoms with Gasteiger partial charge in [-0.05, 0) is 13.0 Å². The molecule has 0 aliphatic carbocycles. The first kappa shape index (κ1) is 11.8. The maximum atomic E-state index is 12.5. The van der Waals surface area contributed by atoms with Gasteiger partial charge in [0.1, 0.15) is 0 Å². The van der Waals surface area contributed by atoms with Gasteiger partial charge in [0.25, 0.3) is 6.43 Å². The molecule has 1 aromatic heterocycles. The Morgan fingerprint density at radius 3 is 2.73 bits per heavy atom. The normalized spacial score (nSPS) is 15.1. The smallest absolute Gasteiger partial charge is 0.256 e. The molecule has 0 saturated heterocycles. The molecule has 0 fully saturated rings. The summed E-state index contributed by atoms with van der Waals surface area (Å²) >= 11 is 0. The van der Waals surface area contributed by atoms with Gasteiger partial charge in [0, 0.05) is 18.2 Å². The van der Waals surface area contributed by atoms with Gasteiger partial charge in [0.15, 0.2) is 0 Å². The number of nitrogens with zero attached hydrogens (tertiary/aromatic N) is 1. The van der Waals surface area contributed by atoms with Crippen LogP contribution in [-0.2, 0) is 6.42 Å². The molecule has 1 unspecified atom stereocenters. The molecule has 1 atom stereocenters. The zero-order valence-corrected chi connectivity index (χ0v) is 8.71. The fourth-order valence-electron chi connectivity index (χ4n) is 1.14. The molecule has 2 N–H and O–H groups in total. The Morgan fingerprint density at radius 2 is 2.20 bits per heavy atom. The van der Waals surface area contributed by atoms with E-state index in [4.69, 9.17) is 10.5 Å². The number of rotatable bonds is 4. The van der Waals surface area contributed by atoms with Crippen molar-refractivity contribution in [3.05, 3.63) is 23.9 Å². The Morgan fingerprint density at radius 1 is 1.53 bits per heavy atom. The highest BCUT2D eigenvalue weighted by Gasteiger charge is 2.30. The van der Waals surface area contributed by atoms with Gasteiger partial charge in [-0.15, -0.1) is 0 Å². The fourth-order valence-corrected chi connectivity index (χ4v) is 1.14. The van der Waals surface area contributed by atoms with Crippen LogP contribution in [0, 0.1) is 0 Å². The number of alkyl halides is 2. The van der Waals surface area contributed by atoms with E-state index in [1.54, 1.807) is 18.2 Å². The lowest BCUT2D eigenvalue weighted by atomic mass is 9.97. The first-order chi connectivity index (χ1) is 6.95. The van der Waals surface area contributed by atoms with Crippen LogP contribution in [0.2, 0.25) is 0 Å². The van der Waals surface area contributed by atoms with Crippen LogP contribution in [0.5, 0.6) is 5.88 Å². The molecule has 1 heterocycles. The van der Waals surface area contributed by atoms with Gasteiger partial charge in [-0.3, -0.25) is 0 Å². The Balaban J connectivity index is 2.80. The number of hydrogen-bond donors (Lipinski definition) is 1. The number of halogens is 2. The molecule has 0 spiro atoms. The average Bonchev–Trinajstić information content (AvgIpc) is 2.17. The summed E-state index contributed by atoms with van der Waals surface area (Å²) in [4.78, 5) is 4.02. The van der Waals surface area contributed by atoms with E-state index < -0.39 is 12.0 Å². The maximum Gasteiger partial charge on any atom is 0.256 e. The molecule has 0 aliphatic rings. The summed E-state index contributed by atoms with van der Waals surface area (Å²) in [5.41, 5.74) is 4.40. The minimum absolute atomic E-state index is 0.0157. The van der Waals surface area contributed by atoms with Crippen molar-refractivity contribution in [3.63, 3.8) is 0 Å².